The third kappa shape index (κ3) is 3.79. The third-order valence-electron chi connectivity index (χ3n) is 3.38. The zero-order valence-electron chi connectivity index (χ0n) is 13.4. The lowest BCUT2D eigenvalue weighted by atomic mass is 10.1. The molecule has 120 valence electrons. The topological polar surface area (TPSA) is 80.5 Å². The van der Waals surface area contributed by atoms with E-state index in [0.717, 1.165) is 30.1 Å². The molecular formula is C16H19N5OS. The maximum absolute atomic E-state index is 5.31. The van der Waals surface area contributed by atoms with Gasteiger partial charge in [-0.05, 0) is 20.3 Å². The van der Waals surface area contributed by atoms with Crippen LogP contribution in [0.5, 0.6) is 0 Å². The van der Waals surface area contributed by atoms with Crippen LogP contribution in [0, 0.1) is 6.92 Å². The van der Waals surface area contributed by atoms with Gasteiger partial charge in [-0.15, -0.1) is 5.10 Å². The third-order valence-corrected chi connectivity index (χ3v) is 4.33. The molecule has 1 atom stereocenters. The van der Waals surface area contributed by atoms with Crippen LogP contribution in [-0.2, 0) is 6.42 Å². The average molecular weight is 329 g/mol. The molecule has 3 rings (SSSR count). The van der Waals surface area contributed by atoms with Crippen molar-refractivity contribution < 1.29 is 4.52 Å². The first-order valence-electron chi connectivity index (χ1n) is 7.64. The molecule has 2 aromatic heterocycles. The van der Waals surface area contributed by atoms with Crippen LogP contribution in [0.25, 0.3) is 11.4 Å². The number of H-pyrrole nitrogens is 1. The molecule has 23 heavy (non-hydrogen) atoms. The fourth-order valence-corrected chi connectivity index (χ4v) is 2.86. The van der Waals surface area contributed by atoms with E-state index in [2.05, 4.69) is 51.3 Å². The van der Waals surface area contributed by atoms with Crippen LogP contribution in [0.1, 0.15) is 42.8 Å². The number of hydrogen-bond donors (Lipinski definition) is 1. The Hall–Kier alpha value is -2.15. The van der Waals surface area contributed by atoms with E-state index in [-0.39, 0.29) is 5.25 Å². The van der Waals surface area contributed by atoms with E-state index in [1.807, 2.05) is 19.1 Å². The van der Waals surface area contributed by atoms with Crippen LogP contribution in [0.15, 0.2) is 33.9 Å². The Morgan fingerprint density at radius 1 is 1.22 bits per heavy atom. The quantitative estimate of drug-likeness (QED) is 0.689. The zero-order chi connectivity index (χ0) is 16.2. The minimum atomic E-state index is 0.00905. The molecule has 7 heteroatoms. The Kier molecular flexibility index (Phi) is 4.76. The summed E-state index contributed by atoms with van der Waals surface area (Å²) in [5.41, 5.74) is 2.24. The number of aryl methyl sites for hydroxylation is 2. The number of thioether (sulfide) groups is 1. The lowest BCUT2D eigenvalue weighted by Gasteiger charge is -2.01. The summed E-state index contributed by atoms with van der Waals surface area (Å²) in [7, 11) is 0. The molecule has 0 saturated heterocycles. The largest absolute Gasteiger partial charge is 0.338 e. The summed E-state index contributed by atoms with van der Waals surface area (Å²) in [4.78, 5) is 8.93. The Morgan fingerprint density at radius 3 is 2.74 bits per heavy atom. The maximum Gasteiger partial charge on any atom is 0.239 e. The van der Waals surface area contributed by atoms with E-state index in [1.54, 1.807) is 0 Å². The molecule has 1 N–H and O–H groups in total. The number of hydrogen-bond acceptors (Lipinski definition) is 6. The molecule has 0 bridgehead atoms. The second-order valence-electron chi connectivity index (χ2n) is 5.39. The summed E-state index contributed by atoms with van der Waals surface area (Å²) in [6, 6.07) is 8.17. The van der Waals surface area contributed by atoms with E-state index < -0.39 is 0 Å². The van der Waals surface area contributed by atoms with Crippen LogP contribution >= 0.6 is 11.8 Å². The minimum Gasteiger partial charge on any atom is -0.338 e. The SMILES string of the molecule is CCCc1noc([C@@H](C)Sc2n[nH]c(-c3ccc(C)cc3)n2)n1. The molecule has 0 aliphatic rings. The van der Waals surface area contributed by atoms with Gasteiger partial charge in [0.2, 0.25) is 11.0 Å². The second kappa shape index (κ2) is 6.95. The number of aromatic nitrogens is 5. The van der Waals surface area contributed by atoms with Crippen molar-refractivity contribution in [2.24, 2.45) is 0 Å². The minimum absolute atomic E-state index is 0.00905. The van der Waals surface area contributed by atoms with E-state index in [1.165, 1.54) is 17.3 Å². The van der Waals surface area contributed by atoms with Gasteiger partial charge < -0.3 is 4.52 Å². The second-order valence-corrected chi connectivity index (χ2v) is 6.70. The smallest absolute Gasteiger partial charge is 0.239 e. The molecule has 0 radical (unpaired) electrons. The van der Waals surface area contributed by atoms with Crippen molar-refractivity contribution in [3.8, 4) is 11.4 Å². The monoisotopic (exact) mass is 329 g/mol. The Balaban J connectivity index is 1.69. The molecular weight excluding hydrogens is 310 g/mol. The molecule has 1 aromatic carbocycles. The van der Waals surface area contributed by atoms with Gasteiger partial charge in [-0.25, -0.2) is 4.98 Å². The Labute approximate surface area is 139 Å². The van der Waals surface area contributed by atoms with Gasteiger partial charge in [0.1, 0.15) is 0 Å². The first-order valence-corrected chi connectivity index (χ1v) is 8.52. The number of nitrogens with one attached hydrogen (secondary N) is 1. The summed E-state index contributed by atoms with van der Waals surface area (Å²) >= 11 is 1.50. The molecule has 0 amide bonds. The van der Waals surface area contributed by atoms with Crippen molar-refractivity contribution in [1.82, 2.24) is 25.3 Å². The van der Waals surface area contributed by atoms with Gasteiger partial charge in [0.05, 0.1) is 5.25 Å². The predicted octanol–water partition coefficient (Wildman–Crippen LogP) is 3.97. The molecule has 0 fully saturated rings. The molecule has 6 nitrogen and oxygen atoms in total. The highest BCUT2D eigenvalue weighted by molar-refractivity contribution is 7.99. The van der Waals surface area contributed by atoms with Crippen molar-refractivity contribution in [2.45, 2.75) is 44.0 Å². The van der Waals surface area contributed by atoms with Gasteiger partial charge in [-0.3, -0.25) is 5.10 Å². The molecule has 0 unspecified atom stereocenters. The number of aromatic amines is 1. The summed E-state index contributed by atoms with van der Waals surface area (Å²) in [6.45, 7) is 6.16. The number of rotatable bonds is 6. The predicted molar refractivity (Wildman–Crippen MR) is 89.1 cm³/mol. The van der Waals surface area contributed by atoms with Crippen molar-refractivity contribution in [2.75, 3.05) is 0 Å². The molecule has 2 heterocycles. The lowest BCUT2D eigenvalue weighted by molar-refractivity contribution is 0.374. The van der Waals surface area contributed by atoms with Crippen molar-refractivity contribution in [1.29, 1.82) is 0 Å². The van der Waals surface area contributed by atoms with E-state index in [0.29, 0.717) is 11.0 Å². The molecule has 0 saturated carbocycles. The fraction of sp³-hybridized carbons (Fsp3) is 0.375. The van der Waals surface area contributed by atoms with Crippen molar-refractivity contribution in [3.05, 3.63) is 41.5 Å². The Morgan fingerprint density at radius 2 is 2.00 bits per heavy atom. The standard InChI is InChI=1S/C16H19N5OS/c1-4-5-13-17-15(22-21-13)11(3)23-16-18-14(19-20-16)12-8-6-10(2)7-9-12/h6-9,11H,4-5H2,1-3H3,(H,18,19,20)/t11-/m1/s1. The number of nitrogens with zero attached hydrogens (tertiary/aromatic N) is 4. The van der Waals surface area contributed by atoms with Crippen molar-refractivity contribution >= 4 is 11.8 Å². The van der Waals surface area contributed by atoms with Crippen LogP contribution in [0.2, 0.25) is 0 Å². The Bertz CT molecular complexity index is 765. The molecule has 0 spiro atoms. The van der Waals surface area contributed by atoms with E-state index >= 15 is 0 Å². The van der Waals surface area contributed by atoms with Crippen LogP contribution in [-0.4, -0.2) is 25.3 Å². The average Bonchev–Trinajstić information content (AvgIpc) is 3.18. The zero-order valence-corrected chi connectivity index (χ0v) is 14.2. The normalized spacial score (nSPS) is 12.5. The molecule has 0 aliphatic carbocycles. The highest BCUT2D eigenvalue weighted by Crippen LogP contribution is 2.32. The molecule has 0 aliphatic heterocycles. The summed E-state index contributed by atoms with van der Waals surface area (Å²) in [5.74, 6) is 2.13. The van der Waals surface area contributed by atoms with E-state index in [9.17, 15) is 0 Å². The van der Waals surface area contributed by atoms with Gasteiger partial charge in [0, 0.05) is 12.0 Å². The van der Waals surface area contributed by atoms with Crippen molar-refractivity contribution in [3.63, 3.8) is 0 Å². The van der Waals surface area contributed by atoms with Gasteiger partial charge in [-0.1, -0.05) is 53.7 Å². The lowest BCUT2D eigenvalue weighted by Crippen LogP contribution is -1.91. The molecule has 3 aromatic rings. The first kappa shape index (κ1) is 15.7. The fourth-order valence-electron chi connectivity index (χ4n) is 2.11. The van der Waals surface area contributed by atoms with Crippen LogP contribution in [0.4, 0.5) is 0 Å². The first-order chi connectivity index (χ1) is 11.2. The highest BCUT2D eigenvalue weighted by atomic mass is 32.2. The van der Waals surface area contributed by atoms with Gasteiger partial charge in [0.15, 0.2) is 11.6 Å². The van der Waals surface area contributed by atoms with Gasteiger partial charge in [-0.2, -0.15) is 4.98 Å². The van der Waals surface area contributed by atoms with E-state index in [4.69, 9.17) is 4.52 Å². The van der Waals surface area contributed by atoms with Crippen LogP contribution < -0.4 is 0 Å². The van der Waals surface area contributed by atoms with Gasteiger partial charge in [0.25, 0.3) is 0 Å². The maximum atomic E-state index is 5.31. The highest BCUT2D eigenvalue weighted by Gasteiger charge is 2.18. The summed E-state index contributed by atoms with van der Waals surface area (Å²) in [5, 5.41) is 11.9. The van der Waals surface area contributed by atoms with Gasteiger partial charge >= 0.3 is 0 Å². The van der Waals surface area contributed by atoms with Crippen LogP contribution in [0.3, 0.4) is 0 Å². The number of benzene rings is 1. The summed E-state index contributed by atoms with van der Waals surface area (Å²) < 4.78 is 5.31. The summed E-state index contributed by atoms with van der Waals surface area (Å²) in [6.07, 6.45) is 1.83.